The molecule has 0 saturated heterocycles. The maximum Gasteiger partial charge on any atom is 0.397 e. The maximum absolute atomic E-state index is 14.5. The first-order valence-corrected chi connectivity index (χ1v) is 12.8. The highest BCUT2D eigenvalue weighted by Crippen LogP contribution is 2.38. The molecule has 3 aromatic rings. The van der Waals surface area contributed by atoms with E-state index in [1.807, 2.05) is 6.07 Å². The van der Waals surface area contributed by atoms with Gasteiger partial charge in [-0.1, -0.05) is 31.4 Å². The fourth-order valence-corrected chi connectivity index (χ4v) is 3.42. The number of ether oxygens (including phenoxy) is 3. The van der Waals surface area contributed by atoms with E-state index in [2.05, 4.69) is 9.97 Å². The third-order valence-corrected chi connectivity index (χ3v) is 5.74. The summed E-state index contributed by atoms with van der Waals surface area (Å²) >= 11 is 0. The van der Waals surface area contributed by atoms with Gasteiger partial charge in [0.05, 0.1) is 42.9 Å². The summed E-state index contributed by atoms with van der Waals surface area (Å²) in [6, 6.07) is 10.7. The van der Waals surface area contributed by atoms with E-state index < -0.39 is 23.6 Å². The molecule has 10 heteroatoms. The largest absolute Gasteiger partial charge is 0.497 e. The molecule has 1 heterocycles. The summed E-state index contributed by atoms with van der Waals surface area (Å²) in [5.74, 6) is -2.33. The quantitative estimate of drug-likeness (QED) is 0.197. The zero-order valence-corrected chi connectivity index (χ0v) is 22.2. The Kier molecular flexibility index (Phi) is 10.7. The van der Waals surface area contributed by atoms with Crippen molar-refractivity contribution < 1.29 is 36.6 Å². The van der Waals surface area contributed by atoms with Crippen LogP contribution in [0.2, 0.25) is 0 Å². The first kappa shape index (κ1) is 29.9. The van der Waals surface area contributed by atoms with Crippen LogP contribution in [-0.2, 0) is 22.6 Å². The highest BCUT2D eigenvalue weighted by Gasteiger charge is 2.40. The number of hydrogen-bond acceptors (Lipinski definition) is 6. The highest BCUT2D eigenvalue weighted by molar-refractivity contribution is 5.69. The molecule has 0 amide bonds. The van der Waals surface area contributed by atoms with Crippen LogP contribution in [0.25, 0.3) is 11.3 Å². The molecule has 0 aliphatic heterocycles. The van der Waals surface area contributed by atoms with Crippen LogP contribution in [-0.4, -0.2) is 35.8 Å². The molecule has 39 heavy (non-hydrogen) atoms. The monoisotopic (exact) mass is 548 g/mol. The van der Waals surface area contributed by atoms with Gasteiger partial charge in [0, 0.05) is 12.0 Å². The van der Waals surface area contributed by atoms with Crippen molar-refractivity contribution in [1.82, 2.24) is 9.97 Å². The van der Waals surface area contributed by atoms with Crippen molar-refractivity contribution in [3.8, 4) is 22.8 Å². The number of methoxy groups -OCH3 is 1. The topological polar surface area (TPSA) is 70.5 Å². The zero-order chi connectivity index (χ0) is 28.4. The van der Waals surface area contributed by atoms with Crippen molar-refractivity contribution in [2.75, 3.05) is 13.7 Å². The molecule has 1 atom stereocenters. The minimum atomic E-state index is -4.62. The van der Waals surface area contributed by atoms with Crippen LogP contribution in [0.15, 0.2) is 48.7 Å². The molecule has 0 bridgehead atoms. The Hall–Kier alpha value is -3.69. The lowest BCUT2D eigenvalue weighted by Gasteiger charge is -2.19. The second-order valence-electron chi connectivity index (χ2n) is 9.01. The average molecular weight is 549 g/mol. The fourth-order valence-electron chi connectivity index (χ4n) is 3.42. The van der Waals surface area contributed by atoms with Gasteiger partial charge >= 0.3 is 12.1 Å². The van der Waals surface area contributed by atoms with E-state index >= 15 is 0 Å². The summed E-state index contributed by atoms with van der Waals surface area (Å²) in [5, 5.41) is 0. The van der Waals surface area contributed by atoms with Gasteiger partial charge < -0.3 is 14.2 Å². The van der Waals surface area contributed by atoms with Gasteiger partial charge in [-0.05, 0) is 56.2 Å². The maximum atomic E-state index is 14.5. The number of aromatic nitrogens is 2. The van der Waals surface area contributed by atoms with Crippen molar-refractivity contribution in [3.63, 3.8) is 0 Å². The van der Waals surface area contributed by atoms with Crippen LogP contribution < -0.4 is 9.47 Å². The third kappa shape index (κ3) is 9.23. The number of esters is 1. The number of benzene rings is 2. The predicted octanol–water partition coefficient (Wildman–Crippen LogP) is 7.20. The molecule has 1 aliphatic rings. The lowest BCUT2D eigenvalue weighted by Crippen LogP contribution is -2.21. The summed E-state index contributed by atoms with van der Waals surface area (Å²) in [6.07, 6.45) is 1.80. The van der Waals surface area contributed by atoms with Gasteiger partial charge in [0.2, 0.25) is 0 Å². The van der Waals surface area contributed by atoms with Crippen molar-refractivity contribution in [2.24, 2.45) is 0 Å². The lowest BCUT2D eigenvalue weighted by atomic mass is 9.99. The number of alkyl halides is 3. The smallest absolute Gasteiger partial charge is 0.397 e. The van der Waals surface area contributed by atoms with Crippen molar-refractivity contribution in [3.05, 3.63) is 71.4 Å². The number of halogens is 4. The van der Waals surface area contributed by atoms with Crippen LogP contribution in [0.3, 0.4) is 0 Å². The van der Waals surface area contributed by atoms with Crippen LogP contribution in [0, 0.1) is 5.82 Å². The first-order chi connectivity index (χ1) is 18.6. The van der Waals surface area contributed by atoms with Gasteiger partial charge in [0.1, 0.15) is 23.9 Å². The van der Waals surface area contributed by atoms with E-state index in [-0.39, 0.29) is 41.7 Å². The van der Waals surface area contributed by atoms with Crippen molar-refractivity contribution >= 4 is 5.97 Å². The van der Waals surface area contributed by atoms with Crippen molar-refractivity contribution in [2.45, 2.75) is 64.7 Å². The van der Waals surface area contributed by atoms with E-state index in [1.165, 1.54) is 44.7 Å². The number of aryl methyl sites for hydroxylation is 1. The molecule has 0 N–H and O–H groups in total. The van der Waals surface area contributed by atoms with E-state index in [0.717, 1.165) is 18.6 Å². The molecule has 1 fully saturated rings. The van der Waals surface area contributed by atoms with Gasteiger partial charge in [-0.3, -0.25) is 9.78 Å². The normalized spacial score (nSPS) is 13.1. The molecule has 6 nitrogen and oxygen atoms in total. The molecule has 1 saturated carbocycles. The van der Waals surface area contributed by atoms with Crippen molar-refractivity contribution in [1.29, 1.82) is 0 Å². The Labute approximate surface area is 225 Å². The molecule has 2 aromatic carbocycles. The minimum absolute atomic E-state index is 0.144. The van der Waals surface area contributed by atoms with Gasteiger partial charge in [-0.2, -0.15) is 13.2 Å². The second-order valence-corrected chi connectivity index (χ2v) is 9.01. The highest BCUT2D eigenvalue weighted by atomic mass is 19.4. The van der Waals surface area contributed by atoms with Crippen LogP contribution in [0.5, 0.6) is 11.5 Å². The molecule has 0 spiro atoms. The summed E-state index contributed by atoms with van der Waals surface area (Å²) in [5.41, 5.74) is 0.196. The molecular formula is C29H32F4N2O4. The molecular weight excluding hydrogens is 516 g/mol. The SMILES string of the molecule is C1CC1.CCOC(=O)CCc1cccc(OCc2cnc(-c3cc(OC)ccc3F)c(C(C)C(F)(F)F)n2)c1. The lowest BCUT2D eigenvalue weighted by molar-refractivity contribution is -0.147. The molecule has 4 rings (SSSR count). The molecule has 1 aromatic heterocycles. The fraction of sp³-hybridized carbons (Fsp3) is 0.414. The van der Waals surface area contributed by atoms with Crippen LogP contribution in [0.1, 0.15) is 62.4 Å². The Bertz CT molecular complexity index is 1250. The summed E-state index contributed by atoms with van der Waals surface area (Å²) in [7, 11) is 1.37. The number of carbonyl (C=O) groups excluding carboxylic acids is 1. The van der Waals surface area contributed by atoms with Gasteiger partial charge in [-0.25, -0.2) is 9.37 Å². The number of nitrogens with zero attached hydrogens (tertiary/aromatic N) is 2. The molecule has 0 radical (unpaired) electrons. The van der Waals surface area contributed by atoms with Crippen LogP contribution in [0.4, 0.5) is 17.6 Å². The first-order valence-electron chi connectivity index (χ1n) is 12.8. The summed E-state index contributed by atoms with van der Waals surface area (Å²) in [6.45, 7) is 2.83. The number of rotatable bonds is 10. The Morgan fingerprint density at radius 3 is 2.46 bits per heavy atom. The minimum Gasteiger partial charge on any atom is -0.497 e. The Morgan fingerprint density at radius 2 is 1.82 bits per heavy atom. The predicted molar refractivity (Wildman–Crippen MR) is 138 cm³/mol. The zero-order valence-electron chi connectivity index (χ0n) is 22.2. The molecule has 1 aliphatic carbocycles. The van der Waals surface area contributed by atoms with Gasteiger partial charge in [0.25, 0.3) is 0 Å². The average Bonchev–Trinajstić information content (AvgIpc) is 3.80. The van der Waals surface area contributed by atoms with Gasteiger partial charge in [-0.15, -0.1) is 0 Å². The summed E-state index contributed by atoms with van der Waals surface area (Å²) < 4.78 is 71.1. The van der Waals surface area contributed by atoms with E-state index in [4.69, 9.17) is 14.2 Å². The second kappa shape index (κ2) is 13.9. The van der Waals surface area contributed by atoms with E-state index in [9.17, 15) is 22.4 Å². The van der Waals surface area contributed by atoms with E-state index in [0.29, 0.717) is 18.8 Å². The Morgan fingerprint density at radius 1 is 1.08 bits per heavy atom. The van der Waals surface area contributed by atoms with Gasteiger partial charge in [0.15, 0.2) is 0 Å². The molecule has 210 valence electrons. The summed E-state index contributed by atoms with van der Waals surface area (Å²) in [4.78, 5) is 19.9. The van der Waals surface area contributed by atoms with Crippen LogP contribution >= 0.6 is 0 Å². The third-order valence-electron chi connectivity index (χ3n) is 5.74. The number of carbonyl (C=O) groups is 1. The number of hydrogen-bond donors (Lipinski definition) is 0. The Balaban J connectivity index is 0.00000131. The van der Waals surface area contributed by atoms with E-state index in [1.54, 1.807) is 25.1 Å². The molecule has 1 unspecified atom stereocenters. The standard InChI is InChI=1S/C26H26F4N2O4.C3H6/c1-4-35-23(33)11-8-17-6-5-7-20(12-17)36-15-18-14-31-25(24(32-18)16(2)26(28,29)30)21-13-19(34-3)9-10-22(21)27;1-2-3-1/h5-7,9-10,12-14,16H,4,8,11,15H2,1-3H3;1-3H2.